The third kappa shape index (κ3) is 5.02. The fraction of sp³-hybridized carbons (Fsp3) is 0.467. The lowest BCUT2D eigenvalue weighted by Crippen LogP contribution is -2.33. The Morgan fingerprint density at radius 3 is 2.65 bits per heavy atom. The number of carbonyl (C=O) groups excluding carboxylic acids is 2. The van der Waals surface area contributed by atoms with Crippen LogP contribution in [0.1, 0.15) is 42.5 Å². The zero-order valence-corrected chi connectivity index (χ0v) is 14.0. The minimum Gasteiger partial charge on any atom is -0.461 e. The molecule has 0 aliphatic heterocycles. The summed E-state index contributed by atoms with van der Waals surface area (Å²) in [5.74, 6) is -1.20. The van der Waals surface area contributed by atoms with Gasteiger partial charge in [-0.1, -0.05) is 22.4 Å². The van der Waals surface area contributed by atoms with Gasteiger partial charge in [0.1, 0.15) is 18.2 Å². The molecule has 124 valence electrons. The molecule has 0 saturated heterocycles. The first-order chi connectivity index (χ1) is 11.0. The zero-order chi connectivity index (χ0) is 16.8. The van der Waals surface area contributed by atoms with Crippen LogP contribution < -0.4 is 5.32 Å². The minimum absolute atomic E-state index is 0.0878. The highest BCUT2D eigenvalue weighted by atomic mass is 79.9. The summed E-state index contributed by atoms with van der Waals surface area (Å²) in [4.78, 5) is 34.1. The van der Waals surface area contributed by atoms with Crippen molar-refractivity contribution >= 4 is 33.5 Å². The number of ether oxygens (including phenoxy) is 1. The molecule has 2 rings (SSSR count). The van der Waals surface area contributed by atoms with Gasteiger partial charge in [-0.25, -0.2) is 0 Å². The fourth-order valence-electron chi connectivity index (χ4n) is 2.51. The van der Waals surface area contributed by atoms with Gasteiger partial charge in [0.15, 0.2) is 0 Å². The number of rotatable bonds is 5. The minimum atomic E-state index is -0.676. The largest absolute Gasteiger partial charge is 0.461 e. The number of nitro groups is 1. The van der Waals surface area contributed by atoms with Crippen LogP contribution in [0.5, 0.6) is 0 Å². The van der Waals surface area contributed by atoms with E-state index in [0.717, 1.165) is 32.1 Å². The van der Waals surface area contributed by atoms with Crippen LogP contribution in [-0.4, -0.2) is 29.4 Å². The van der Waals surface area contributed by atoms with Crippen molar-refractivity contribution in [3.05, 3.63) is 38.3 Å². The number of carbonyl (C=O) groups is 2. The molecule has 1 N–H and O–H groups in total. The van der Waals surface area contributed by atoms with Crippen molar-refractivity contribution in [3.8, 4) is 0 Å². The van der Waals surface area contributed by atoms with Crippen molar-refractivity contribution in [3.63, 3.8) is 0 Å². The van der Waals surface area contributed by atoms with Crippen LogP contribution >= 0.6 is 15.9 Å². The van der Waals surface area contributed by atoms with Crippen LogP contribution in [0.25, 0.3) is 0 Å². The quantitative estimate of drug-likeness (QED) is 0.477. The monoisotopic (exact) mass is 384 g/mol. The smallest absolute Gasteiger partial charge is 0.325 e. The number of esters is 1. The van der Waals surface area contributed by atoms with Gasteiger partial charge in [0.25, 0.3) is 11.6 Å². The van der Waals surface area contributed by atoms with Gasteiger partial charge in [-0.15, -0.1) is 0 Å². The predicted octanol–water partition coefficient (Wildman–Crippen LogP) is 2.96. The molecule has 1 aromatic carbocycles. The van der Waals surface area contributed by atoms with Crippen molar-refractivity contribution < 1.29 is 19.2 Å². The van der Waals surface area contributed by atoms with E-state index in [0.29, 0.717) is 4.47 Å². The number of hydrogen-bond donors (Lipinski definition) is 1. The third-order valence-electron chi connectivity index (χ3n) is 3.64. The third-order valence-corrected chi connectivity index (χ3v) is 4.14. The number of nitrogens with one attached hydrogen (secondary N) is 1. The maximum Gasteiger partial charge on any atom is 0.325 e. The maximum absolute atomic E-state index is 12.0. The molecule has 1 aliphatic rings. The van der Waals surface area contributed by atoms with Crippen LogP contribution in [0.3, 0.4) is 0 Å². The molecule has 1 saturated carbocycles. The van der Waals surface area contributed by atoms with Crippen molar-refractivity contribution in [2.45, 2.75) is 38.2 Å². The Kier molecular flexibility index (Phi) is 6.09. The van der Waals surface area contributed by atoms with Crippen LogP contribution in [0.4, 0.5) is 5.69 Å². The number of benzene rings is 1. The standard InChI is InChI=1S/C15H17BrN2O5/c16-10-6-7-12(13(8-10)18(21)22)15(20)17-9-14(19)23-11-4-2-1-3-5-11/h6-8,11H,1-5,9H2,(H,17,20). The Morgan fingerprint density at radius 2 is 2.00 bits per heavy atom. The Labute approximate surface area is 141 Å². The van der Waals surface area contributed by atoms with Gasteiger partial charge in [0.2, 0.25) is 0 Å². The van der Waals surface area contributed by atoms with Gasteiger partial charge in [-0.3, -0.25) is 19.7 Å². The van der Waals surface area contributed by atoms with Gasteiger partial charge in [-0.2, -0.15) is 0 Å². The second-order valence-corrected chi connectivity index (χ2v) is 6.27. The Morgan fingerprint density at radius 1 is 1.30 bits per heavy atom. The van der Waals surface area contributed by atoms with E-state index in [9.17, 15) is 19.7 Å². The van der Waals surface area contributed by atoms with E-state index in [1.165, 1.54) is 18.2 Å². The molecule has 8 heteroatoms. The summed E-state index contributed by atoms with van der Waals surface area (Å²) >= 11 is 3.12. The number of nitrogens with zero attached hydrogens (tertiary/aromatic N) is 1. The first kappa shape index (κ1) is 17.4. The number of nitro benzene ring substituents is 1. The van der Waals surface area contributed by atoms with Gasteiger partial charge in [0, 0.05) is 10.5 Å². The lowest BCUT2D eigenvalue weighted by Gasteiger charge is -2.21. The summed E-state index contributed by atoms with van der Waals surface area (Å²) in [6.45, 7) is -0.303. The molecule has 1 fully saturated rings. The van der Waals surface area contributed by atoms with Crippen molar-refractivity contribution in [2.24, 2.45) is 0 Å². The average molecular weight is 385 g/mol. The zero-order valence-electron chi connectivity index (χ0n) is 12.4. The lowest BCUT2D eigenvalue weighted by molar-refractivity contribution is -0.385. The van der Waals surface area contributed by atoms with E-state index >= 15 is 0 Å². The average Bonchev–Trinajstić information content (AvgIpc) is 2.53. The summed E-state index contributed by atoms with van der Waals surface area (Å²) in [5.41, 5.74) is -0.416. The first-order valence-corrected chi connectivity index (χ1v) is 8.18. The summed E-state index contributed by atoms with van der Waals surface area (Å²) in [6, 6.07) is 4.11. The van der Waals surface area contributed by atoms with E-state index in [1.54, 1.807) is 0 Å². The van der Waals surface area contributed by atoms with E-state index in [2.05, 4.69) is 21.2 Å². The predicted molar refractivity (Wildman–Crippen MR) is 86.1 cm³/mol. The van der Waals surface area contributed by atoms with E-state index in [1.807, 2.05) is 0 Å². The molecule has 0 atom stereocenters. The summed E-state index contributed by atoms with van der Waals surface area (Å²) < 4.78 is 5.78. The normalized spacial score (nSPS) is 15.0. The summed E-state index contributed by atoms with van der Waals surface area (Å²) in [6.07, 6.45) is 4.83. The second kappa shape index (κ2) is 8.05. The van der Waals surface area contributed by atoms with Gasteiger partial charge >= 0.3 is 5.97 Å². The van der Waals surface area contributed by atoms with Gasteiger partial charge in [0.05, 0.1) is 4.92 Å². The molecule has 23 heavy (non-hydrogen) atoms. The molecule has 0 aromatic heterocycles. The molecule has 7 nitrogen and oxygen atoms in total. The van der Waals surface area contributed by atoms with Crippen molar-refractivity contribution in [2.75, 3.05) is 6.54 Å². The molecular weight excluding hydrogens is 368 g/mol. The van der Waals surface area contributed by atoms with Crippen molar-refractivity contribution in [1.82, 2.24) is 5.32 Å². The summed E-state index contributed by atoms with van der Waals surface area (Å²) in [5, 5.41) is 13.4. The van der Waals surface area contributed by atoms with E-state index in [4.69, 9.17) is 4.74 Å². The Balaban J connectivity index is 1.91. The highest BCUT2D eigenvalue weighted by Crippen LogP contribution is 2.23. The summed E-state index contributed by atoms with van der Waals surface area (Å²) in [7, 11) is 0. The van der Waals surface area contributed by atoms with Crippen LogP contribution in [-0.2, 0) is 9.53 Å². The molecule has 1 amide bonds. The number of hydrogen-bond acceptors (Lipinski definition) is 5. The Hall–Kier alpha value is -1.96. The molecule has 0 unspecified atom stereocenters. The van der Waals surface area contributed by atoms with Crippen LogP contribution in [0, 0.1) is 10.1 Å². The molecule has 0 spiro atoms. The SMILES string of the molecule is O=C(CNC(=O)c1ccc(Br)cc1[N+](=O)[O-])OC1CCCCC1. The van der Waals surface area contributed by atoms with Gasteiger partial charge < -0.3 is 10.1 Å². The van der Waals surface area contributed by atoms with Crippen molar-refractivity contribution in [1.29, 1.82) is 0 Å². The number of amides is 1. The fourth-order valence-corrected chi connectivity index (χ4v) is 2.86. The maximum atomic E-state index is 12.0. The number of halogens is 1. The lowest BCUT2D eigenvalue weighted by atomic mass is 9.98. The van der Waals surface area contributed by atoms with Crippen LogP contribution in [0.15, 0.2) is 22.7 Å². The Bertz CT molecular complexity index is 614. The van der Waals surface area contributed by atoms with E-state index < -0.39 is 16.8 Å². The van der Waals surface area contributed by atoms with Crippen LogP contribution in [0.2, 0.25) is 0 Å². The molecule has 0 radical (unpaired) electrons. The highest BCUT2D eigenvalue weighted by Gasteiger charge is 2.22. The molecule has 1 aromatic rings. The second-order valence-electron chi connectivity index (χ2n) is 5.35. The van der Waals surface area contributed by atoms with Gasteiger partial charge in [-0.05, 0) is 37.8 Å². The molecule has 0 heterocycles. The molecule has 0 bridgehead atoms. The van der Waals surface area contributed by atoms with E-state index in [-0.39, 0.29) is 23.9 Å². The first-order valence-electron chi connectivity index (χ1n) is 7.39. The highest BCUT2D eigenvalue weighted by molar-refractivity contribution is 9.10. The topological polar surface area (TPSA) is 98.5 Å². The molecular formula is C15H17BrN2O5. The molecule has 1 aliphatic carbocycles.